The van der Waals surface area contributed by atoms with E-state index in [1.54, 1.807) is 51.0 Å². The molecule has 2 saturated heterocycles. The van der Waals surface area contributed by atoms with Crippen molar-refractivity contribution in [2.24, 2.45) is 0 Å². The predicted octanol–water partition coefficient (Wildman–Crippen LogP) is 6.13. The highest BCUT2D eigenvalue weighted by atomic mass is 16.8. The minimum Gasteiger partial charge on any atom is -0.480 e. The number of rotatable bonds is 16. The summed E-state index contributed by atoms with van der Waals surface area (Å²) in [6.45, 7) is 21.1. The Bertz CT molecular complexity index is 2010. The second kappa shape index (κ2) is 19.5. The fraction of sp³-hybridized carbons (Fsp3) is 0.651. The third-order valence-corrected chi connectivity index (χ3v) is 9.61. The van der Waals surface area contributed by atoms with E-state index < -0.39 is 77.4 Å². The van der Waals surface area contributed by atoms with Crippen LogP contribution in [0.3, 0.4) is 0 Å². The Hall–Kier alpha value is -5.11. The molecule has 2 aliphatic heterocycles. The van der Waals surface area contributed by atoms with Crippen LogP contribution in [0.4, 0.5) is 20.2 Å². The third-order valence-electron chi connectivity index (χ3n) is 9.61. The van der Waals surface area contributed by atoms with E-state index in [1.165, 1.54) is 12.7 Å². The number of imidazole rings is 1. The number of benzene rings is 1. The van der Waals surface area contributed by atoms with Crippen molar-refractivity contribution in [1.82, 2.24) is 34.6 Å². The molecule has 5 atom stereocenters. The molecule has 3 amide bonds. The van der Waals surface area contributed by atoms with Crippen molar-refractivity contribution < 1.29 is 52.7 Å². The Kier molecular flexibility index (Phi) is 15.1. The fourth-order valence-electron chi connectivity index (χ4n) is 7.14. The van der Waals surface area contributed by atoms with E-state index in [1.807, 2.05) is 69.9 Å². The van der Waals surface area contributed by atoms with Crippen LogP contribution >= 0.6 is 0 Å². The molecule has 1 aromatic carbocycles. The maximum Gasteiger partial charge on any atom is 0.413 e. The summed E-state index contributed by atoms with van der Waals surface area (Å²) in [5, 5.41) is 15.3. The first-order valence-corrected chi connectivity index (χ1v) is 21.0. The summed E-state index contributed by atoms with van der Waals surface area (Å²) in [6, 6.07) is 8.62. The van der Waals surface area contributed by atoms with Gasteiger partial charge in [-0.1, -0.05) is 30.3 Å². The summed E-state index contributed by atoms with van der Waals surface area (Å²) < 4.78 is 37.9. The van der Waals surface area contributed by atoms with Gasteiger partial charge >= 0.3 is 24.2 Å². The van der Waals surface area contributed by atoms with Crippen molar-refractivity contribution in [3.05, 3.63) is 48.5 Å². The Labute approximate surface area is 363 Å². The summed E-state index contributed by atoms with van der Waals surface area (Å²) >= 11 is 0. The Balaban J connectivity index is 1.38. The number of carboxylic acid groups (broad SMARTS) is 1. The monoisotopic (exact) mass is 868 g/mol. The quantitative estimate of drug-likeness (QED) is 0.138. The molecule has 3 aromatic rings. The maximum absolute atomic E-state index is 13.5. The van der Waals surface area contributed by atoms with Gasteiger partial charge in [0.1, 0.15) is 47.5 Å². The molecule has 19 nitrogen and oxygen atoms in total. The number of hydrogen-bond donors (Lipinski definition) is 3. The van der Waals surface area contributed by atoms with Gasteiger partial charge in [0, 0.05) is 26.2 Å². The zero-order valence-corrected chi connectivity index (χ0v) is 37.8. The van der Waals surface area contributed by atoms with Crippen LogP contribution in [0, 0.1) is 0 Å². The van der Waals surface area contributed by atoms with Gasteiger partial charge in [0.2, 0.25) is 0 Å². The normalized spacial score (nSPS) is 20.4. The standard InChI is InChI=1S/C43H64N8O11/c1-40(2,3)60-37(54)47-28(36(52)53)19-22-49(20-15-21-50(39(56)62-42(7,8)9)23-18-27-16-13-12-14-17-27)24-29-31-32(59-43(10,11)58-31)35(57-29)51-26-46-30-33(44-25-45-34(30)51)48-38(55)61-41(4,5)6/h12-14,16-17,25-26,28-29,31-32,35H,15,18-24H2,1-11H3,(H,47,54)(H,52,53)(H,44,45,48,55)/t28-,29+,31+,32+,35+/m0/s1. The number of fused-ring (bicyclic) bond motifs is 2. The van der Waals surface area contributed by atoms with Gasteiger partial charge in [-0.15, -0.1) is 0 Å². The molecule has 0 unspecified atom stereocenters. The van der Waals surface area contributed by atoms with E-state index in [4.69, 9.17) is 28.4 Å². The van der Waals surface area contributed by atoms with Crippen LogP contribution < -0.4 is 10.6 Å². The zero-order chi connectivity index (χ0) is 45.6. The average molecular weight is 869 g/mol. The first-order chi connectivity index (χ1) is 28.9. The molecule has 0 bridgehead atoms. The molecular formula is C43H64N8O11. The molecule has 0 spiro atoms. The molecule has 0 saturated carbocycles. The summed E-state index contributed by atoms with van der Waals surface area (Å²) in [6.07, 6.45) is -0.549. The molecule has 5 rings (SSSR count). The lowest BCUT2D eigenvalue weighted by Gasteiger charge is -2.31. The number of hydrogen-bond acceptors (Lipinski definition) is 14. The van der Waals surface area contributed by atoms with Gasteiger partial charge in [-0.2, -0.15) is 0 Å². The number of carboxylic acids is 1. The number of nitrogens with zero attached hydrogens (tertiary/aromatic N) is 6. The largest absolute Gasteiger partial charge is 0.480 e. The smallest absolute Gasteiger partial charge is 0.413 e. The Morgan fingerprint density at radius 3 is 2.13 bits per heavy atom. The molecule has 2 aromatic heterocycles. The summed E-state index contributed by atoms with van der Waals surface area (Å²) in [4.78, 5) is 68.2. The number of nitrogens with one attached hydrogen (secondary N) is 2. The number of aliphatic carboxylic acids is 1. The number of amides is 3. The number of carbonyl (C=O) groups excluding carboxylic acids is 3. The first-order valence-electron chi connectivity index (χ1n) is 21.0. The van der Waals surface area contributed by atoms with Crippen LogP contribution in [-0.4, -0.2) is 138 Å². The highest BCUT2D eigenvalue weighted by molar-refractivity contribution is 5.93. The molecular weight excluding hydrogens is 805 g/mol. The van der Waals surface area contributed by atoms with Crippen molar-refractivity contribution in [3.8, 4) is 0 Å². The highest BCUT2D eigenvalue weighted by Gasteiger charge is 2.56. The summed E-state index contributed by atoms with van der Waals surface area (Å²) in [5.74, 6) is -2.04. The second-order valence-electron chi connectivity index (χ2n) is 19.0. The molecule has 3 N–H and O–H groups in total. The van der Waals surface area contributed by atoms with Gasteiger partial charge in [0.05, 0.1) is 6.33 Å². The topological polar surface area (TPSA) is 218 Å². The van der Waals surface area contributed by atoms with Crippen LogP contribution in [0.25, 0.3) is 11.2 Å². The van der Waals surface area contributed by atoms with Gasteiger partial charge in [-0.05, 0) is 108 Å². The van der Waals surface area contributed by atoms with Gasteiger partial charge in [0.25, 0.3) is 0 Å². The predicted molar refractivity (Wildman–Crippen MR) is 227 cm³/mol. The molecule has 0 aliphatic carbocycles. The van der Waals surface area contributed by atoms with E-state index >= 15 is 0 Å². The SMILES string of the molecule is CC(C)(C)OC(=O)Nc1ncnc2c1ncn2[C@@H]1O[C@H](CN(CCCN(CCc2ccccc2)C(=O)OC(C)(C)C)CC[C@H](NC(=O)OC(C)(C)C)C(=O)O)[C@H]2OC(C)(C)O[C@H]21. The average Bonchev–Trinajstić information content (AvgIpc) is 3.80. The van der Waals surface area contributed by atoms with E-state index in [9.17, 15) is 24.3 Å². The highest BCUT2D eigenvalue weighted by Crippen LogP contribution is 2.44. The van der Waals surface area contributed by atoms with Gasteiger partial charge in [0.15, 0.2) is 29.0 Å². The van der Waals surface area contributed by atoms with Crippen LogP contribution in [0.5, 0.6) is 0 Å². The van der Waals surface area contributed by atoms with Crippen molar-refractivity contribution in [2.75, 3.05) is 38.0 Å². The van der Waals surface area contributed by atoms with Gasteiger partial charge in [-0.25, -0.2) is 34.1 Å². The Morgan fingerprint density at radius 2 is 1.48 bits per heavy atom. The number of aromatic nitrogens is 4. The van der Waals surface area contributed by atoms with Crippen molar-refractivity contribution in [2.45, 2.75) is 149 Å². The van der Waals surface area contributed by atoms with Crippen molar-refractivity contribution in [3.63, 3.8) is 0 Å². The van der Waals surface area contributed by atoms with Crippen molar-refractivity contribution in [1.29, 1.82) is 0 Å². The van der Waals surface area contributed by atoms with Crippen LogP contribution in [-0.2, 0) is 39.6 Å². The fourth-order valence-corrected chi connectivity index (χ4v) is 7.14. The lowest BCUT2D eigenvalue weighted by atomic mass is 10.1. The van der Waals surface area contributed by atoms with Gasteiger partial charge < -0.3 is 48.6 Å². The minimum absolute atomic E-state index is 0.0297. The van der Waals surface area contributed by atoms with Crippen molar-refractivity contribution >= 4 is 41.2 Å². The summed E-state index contributed by atoms with van der Waals surface area (Å²) in [5.41, 5.74) is -0.505. The van der Waals surface area contributed by atoms with E-state index in [2.05, 4.69) is 25.6 Å². The van der Waals surface area contributed by atoms with Crippen LogP contribution in [0.15, 0.2) is 43.0 Å². The lowest BCUT2D eigenvalue weighted by molar-refractivity contribution is -0.198. The van der Waals surface area contributed by atoms with Crippen LogP contribution in [0.2, 0.25) is 0 Å². The molecule has 2 aliphatic rings. The number of anilines is 1. The first kappa shape index (κ1) is 47.9. The van der Waals surface area contributed by atoms with Crippen LogP contribution in [0.1, 0.15) is 101 Å². The molecule has 62 heavy (non-hydrogen) atoms. The third kappa shape index (κ3) is 14.0. The van der Waals surface area contributed by atoms with E-state index in [0.29, 0.717) is 43.6 Å². The molecule has 0 radical (unpaired) electrons. The number of carbonyl (C=O) groups is 4. The minimum atomic E-state index is -1.26. The molecule has 19 heteroatoms. The summed E-state index contributed by atoms with van der Waals surface area (Å²) in [7, 11) is 0. The Morgan fingerprint density at radius 1 is 0.839 bits per heavy atom. The maximum atomic E-state index is 13.5. The molecule has 342 valence electrons. The number of ether oxygens (including phenoxy) is 6. The number of alkyl carbamates (subject to hydrolysis) is 1. The molecule has 4 heterocycles. The van der Waals surface area contributed by atoms with Gasteiger partial charge in [-0.3, -0.25) is 9.88 Å². The zero-order valence-electron chi connectivity index (χ0n) is 37.8. The van der Waals surface area contributed by atoms with E-state index in [0.717, 1.165) is 5.56 Å². The van der Waals surface area contributed by atoms with E-state index in [-0.39, 0.29) is 25.3 Å². The molecule has 2 fully saturated rings. The second-order valence-corrected chi connectivity index (χ2v) is 19.0. The lowest BCUT2D eigenvalue weighted by Crippen LogP contribution is -2.47.